The predicted octanol–water partition coefficient (Wildman–Crippen LogP) is 7.87. The Kier molecular flexibility index (Phi) is 10.1. The standard InChI is InChI=1S/C26H42N2S/c1-7-13-14-21(8-2)17-22-15-16-29-26(22)23-18-24(27(9-3)10-4)20-25(19-23)28(11-5)12-6/h15-16,18-21H,7-14,17H2,1-6H3. The molecule has 0 fully saturated rings. The Labute approximate surface area is 183 Å². The maximum atomic E-state index is 2.47. The Balaban J connectivity index is 2.44. The quantitative estimate of drug-likeness (QED) is 0.329. The van der Waals surface area contributed by atoms with E-state index in [1.165, 1.54) is 53.9 Å². The normalized spacial score (nSPS) is 12.2. The van der Waals surface area contributed by atoms with Crippen LogP contribution >= 0.6 is 11.3 Å². The van der Waals surface area contributed by atoms with E-state index >= 15 is 0 Å². The summed E-state index contributed by atoms with van der Waals surface area (Å²) in [5.41, 5.74) is 5.64. The van der Waals surface area contributed by atoms with Gasteiger partial charge in [-0.15, -0.1) is 11.3 Å². The van der Waals surface area contributed by atoms with Crippen LogP contribution in [0.5, 0.6) is 0 Å². The molecule has 0 saturated heterocycles. The zero-order chi connectivity index (χ0) is 21.2. The van der Waals surface area contributed by atoms with Crippen LogP contribution in [0.15, 0.2) is 29.6 Å². The van der Waals surface area contributed by atoms with Crippen molar-refractivity contribution >= 4 is 22.7 Å². The van der Waals surface area contributed by atoms with Crippen LogP contribution in [0.4, 0.5) is 11.4 Å². The Morgan fingerprint density at radius 3 is 1.90 bits per heavy atom. The number of hydrogen-bond acceptors (Lipinski definition) is 3. The smallest absolute Gasteiger partial charge is 0.0393 e. The molecule has 2 aromatic rings. The first kappa shape index (κ1) is 23.8. The number of unbranched alkanes of at least 4 members (excludes halogenated alkanes) is 1. The van der Waals surface area contributed by atoms with Crippen molar-refractivity contribution in [3.8, 4) is 10.4 Å². The molecule has 1 heterocycles. The van der Waals surface area contributed by atoms with Crippen molar-refractivity contribution in [2.75, 3.05) is 36.0 Å². The number of rotatable bonds is 13. The average molecular weight is 415 g/mol. The fraction of sp³-hybridized carbons (Fsp3) is 0.615. The Morgan fingerprint density at radius 2 is 1.41 bits per heavy atom. The average Bonchev–Trinajstić information content (AvgIpc) is 3.21. The van der Waals surface area contributed by atoms with E-state index in [-0.39, 0.29) is 0 Å². The Hall–Kier alpha value is -1.48. The Morgan fingerprint density at radius 1 is 0.828 bits per heavy atom. The zero-order valence-electron chi connectivity index (χ0n) is 19.6. The lowest BCUT2D eigenvalue weighted by atomic mass is 9.91. The molecule has 0 N–H and O–H groups in total. The van der Waals surface area contributed by atoms with Gasteiger partial charge in [-0.25, -0.2) is 0 Å². The van der Waals surface area contributed by atoms with Crippen LogP contribution in [0, 0.1) is 5.92 Å². The van der Waals surface area contributed by atoms with Gasteiger partial charge in [0, 0.05) is 42.4 Å². The van der Waals surface area contributed by atoms with Crippen molar-refractivity contribution in [1.29, 1.82) is 0 Å². The van der Waals surface area contributed by atoms with E-state index in [1.807, 2.05) is 11.3 Å². The molecule has 1 unspecified atom stereocenters. The molecule has 2 nitrogen and oxygen atoms in total. The first-order chi connectivity index (χ1) is 14.1. The summed E-state index contributed by atoms with van der Waals surface area (Å²) < 4.78 is 0. The van der Waals surface area contributed by atoms with E-state index in [0.29, 0.717) is 0 Å². The molecular formula is C26H42N2S. The third kappa shape index (κ3) is 6.25. The molecule has 1 aromatic heterocycles. The first-order valence-corrected chi connectivity index (χ1v) is 12.7. The second-order valence-corrected chi connectivity index (χ2v) is 8.89. The van der Waals surface area contributed by atoms with Gasteiger partial charge in [0.15, 0.2) is 0 Å². The maximum Gasteiger partial charge on any atom is 0.0393 e. The van der Waals surface area contributed by atoms with Gasteiger partial charge in [0.05, 0.1) is 0 Å². The minimum Gasteiger partial charge on any atom is -0.372 e. The summed E-state index contributed by atoms with van der Waals surface area (Å²) in [7, 11) is 0. The van der Waals surface area contributed by atoms with Gasteiger partial charge >= 0.3 is 0 Å². The van der Waals surface area contributed by atoms with Crippen molar-refractivity contribution in [2.24, 2.45) is 5.92 Å². The molecule has 0 saturated carbocycles. The summed E-state index contributed by atoms with van der Waals surface area (Å²) in [6.45, 7) is 17.9. The maximum absolute atomic E-state index is 2.47. The highest BCUT2D eigenvalue weighted by molar-refractivity contribution is 7.13. The van der Waals surface area contributed by atoms with E-state index in [2.05, 4.69) is 81.0 Å². The van der Waals surface area contributed by atoms with E-state index in [9.17, 15) is 0 Å². The fourth-order valence-electron chi connectivity index (χ4n) is 4.27. The lowest BCUT2D eigenvalue weighted by Crippen LogP contribution is -2.24. The van der Waals surface area contributed by atoms with E-state index < -0.39 is 0 Å². The highest BCUT2D eigenvalue weighted by atomic mass is 32.1. The molecule has 0 radical (unpaired) electrons. The van der Waals surface area contributed by atoms with Crippen LogP contribution in [0.1, 0.15) is 72.8 Å². The number of anilines is 2. The second kappa shape index (κ2) is 12.3. The number of benzene rings is 1. The molecule has 162 valence electrons. The summed E-state index contributed by atoms with van der Waals surface area (Å²) in [4.78, 5) is 6.42. The first-order valence-electron chi connectivity index (χ1n) is 11.8. The lowest BCUT2D eigenvalue weighted by molar-refractivity contribution is 0.450. The molecule has 0 aliphatic heterocycles. The topological polar surface area (TPSA) is 6.48 Å². The largest absolute Gasteiger partial charge is 0.372 e. The van der Waals surface area contributed by atoms with Crippen molar-refractivity contribution < 1.29 is 0 Å². The molecule has 0 spiro atoms. The van der Waals surface area contributed by atoms with Gasteiger partial charge in [0.2, 0.25) is 0 Å². The highest BCUT2D eigenvalue weighted by Gasteiger charge is 2.16. The molecule has 29 heavy (non-hydrogen) atoms. The van der Waals surface area contributed by atoms with Crippen molar-refractivity contribution in [3.63, 3.8) is 0 Å². The Bertz CT molecular complexity index is 683. The van der Waals surface area contributed by atoms with E-state index in [4.69, 9.17) is 0 Å². The SMILES string of the molecule is CCCCC(CC)Cc1ccsc1-c1cc(N(CC)CC)cc(N(CC)CC)c1. The molecule has 0 amide bonds. The van der Waals surface area contributed by atoms with Crippen molar-refractivity contribution in [2.45, 2.75) is 73.6 Å². The third-order valence-corrected chi connectivity index (χ3v) is 7.23. The fourth-order valence-corrected chi connectivity index (χ4v) is 5.20. The van der Waals surface area contributed by atoms with Gasteiger partial charge in [0.1, 0.15) is 0 Å². The molecule has 1 atom stereocenters. The lowest BCUT2D eigenvalue weighted by Gasteiger charge is -2.27. The van der Waals surface area contributed by atoms with E-state index in [1.54, 1.807) is 5.56 Å². The number of thiophene rings is 1. The van der Waals surface area contributed by atoms with Gasteiger partial charge < -0.3 is 9.80 Å². The summed E-state index contributed by atoms with van der Waals surface area (Å²) in [6.07, 6.45) is 6.49. The van der Waals surface area contributed by atoms with Gasteiger partial charge in [0.25, 0.3) is 0 Å². The molecule has 0 bridgehead atoms. The van der Waals surface area contributed by atoms with Crippen LogP contribution in [0.2, 0.25) is 0 Å². The molecule has 1 aromatic carbocycles. The van der Waals surface area contributed by atoms with Gasteiger partial charge in [-0.2, -0.15) is 0 Å². The molecular weight excluding hydrogens is 372 g/mol. The molecule has 3 heteroatoms. The minimum absolute atomic E-state index is 0.802. The third-order valence-electron chi connectivity index (χ3n) is 6.22. The van der Waals surface area contributed by atoms with Gasteiger partial charge in [-0.3, -0.25) is 0 Å². The van der Waals surface area contributed by atoms with Crippen molar-refractivity contribution in [3.05, 3.63) is 35.2 Å². The number of hydrogen-bond donors (Lipinski definition) is 0. The number of nitrogens with zero attached hydrogens (tertiary/aromatic N) is 2. The summed E-state index contributed by atoms with van der Waals surface area (Å²) in [6, 6.07) is 9.59. The second-order valence-electron chi connectivity index (χ2n) is 7.98. The van der Waals surface area contributed by atoms with Crippen molar-refractivity contribution in [1.82, 2.24) is 0 Å². The van der Waals surface area contributed by atoms with E-state index in [0.717, 1.165) is 32.1 Å². The van der Waals surface area contributed by atoms with Crippen LogP contribution in [-0.2, 0) is 6.42 Å². The van der Waals surface area contributed by atoms with Crippen LogP contribution in [0.25, 0.3) is 10.4 Å². The summed E-state index contributed by atoms with van der Waals surface area (Å²) >= 11 is 1.91. The monoisotopic (exact) mass is 414 g/mol. The summed E-state index contributed by atoms with van der Waals surface area (Å²) in [5.74, 6) is 0.802. The molecule has 2 rings (SSSR count). The minimum atomic E-state index is 0.802. The van der Waals surface area contributed by atoms with Crippen LogP contribution in [0.3, 0.4) is 0 Å². The molecule has 0 aliphatic carbocycles. The summed E-state index contributed by atoms with van der Waals surface area (Å²) in [5, 5.41) is 2.29. The van der Waals surface area contributed by atoms with Crippen LogP contribution in [-0.4, -0.2) is 26.2 Å². The van der Waals surface area contributed by atoms with Gasteiger partial charge in [-0.1, -0.05) is 39.5 Å². The predicted molar refractivity (Wildman–Crippen MR) is 134 cm³/mol. The zero-order valence-corrected chi connectivity index (χ0v) is 20.4. The van der Waals surface area contributed by atoms with Gasteiger partial charge in [-0.05, 0) is 80.8 Å². The van der Waals surface area contributed by atoms with Crippen LogP contribution < -0.4 is 9.80 Å². The molecule has 0 aliphatic rings. The highest BCUT2D eigenvalue weighted by Crippen LogP contribution is 2.37.